The number of carbonyl (C=O) groups is 1. The molecule has 0 fully saturated rings. The minimum absolute atomic E-state index is 0.0734. The number of nitrogens with zero attached hydrogens (tertiary/aromatic N) is 1. The van der Waals surface area contributed by atoms with Gasteiger partial charge in [-0.3, -0.25) is 4.79 Å². The predicted octanol–water partition coefficient (Wildman–Crippen LogP) is 2.40. The standard InChI is InChI=1S/C15H25N3O/c1-3-5-9-17-15(19)12-18(10-4-2)14-8-6-7-13(16)11-14/h6-8,11H,3-5,9-10,12,16H2,1-2H3,(H,17,19). The van der Waals surface area contributed by atoms with Crippen LogP contribution in [-0.2, 0) is 4.79 Å². The van der Waals surface area contributed by atoms with Gasteiger partial charge in [0.1, 0.15) is 0 Å². The van der Waals surface area contributed by atoms with E-state index in [1.54, 1.807) is 0 Å². The zero-order valence-electron chi connectivity index (χ0n) is 12.0. The van der Waals surface area contributed by atoms with Crippen molar-refractivity contribution >= 4 is 17.3 Å². The number of nitrogen functional groups attached to an aromatic ring is 1. The average molecular weight is 263 g/mol. The maximum Gasteiger partial charge on any atom is 0.239 e. The molecular formula is C15H25N3O. The van der Waals surface area contributed by atoms with E-state index in [9.17, 15) is 4.79 Å². The molecule has 0 aromatic heterocycles. The summed E-state index contributed by atoms with van der Waals surface area (Å²) in [5.41, 5.74) is 7.53. The molecule has 0 radical (unpaired) electrons. The van der Waals surface area contributed by atoms with E-state index in [2.05, 4.69) is 24.1 Å². The molecule has 1 aromatic rings. The minimum Gasteiger partial charge on any atom is -0.399 e. The second-order valence-corrected chi connectivity index (χ2v) is 4.72. The molecule has 1 rings (SSSR count). The lowest BCUT2D eigenvalue weighted by atomic mass is 10.2. The van der Waals surface area contributed by atoms with E-state index >= 15 is 0 Å². The summed E-state index contributed by atoms with van der Waals surface area (Å²) in [6.45, 7) is 6.22. The monoisotopic (exact) mass is 263 g/mol. The van der Waals surface area contributed by atoms with Gasteiger partial charge in [-0.1, -0.05) is 26.3 Å². The lowest BCUT2D eigenvalue weighted by Crippen LogP contribution is -2.38. The molecule has 0 aliphatic rings. The van der Waals surface area contributed by atoms with Gasteiger partial charge in [-0.2, -0.15) is 0 Å². The van der Waals surface area contributed by atoms with Crippen LogP contribution < -0.4 is 16.0 Å². The van der Waals surface area contributed by atoms with Crippen molar-refractivity contribution in [1.29, 1.82) is 0 Å². The Morgan fingerprint density at radius 1 is 1.32 bits per heavy atom. The van der Waals surface area contributed by atoms with Gasteiger partial charge in [-0.15, -0.1) is 0 Å². The maximum absolute atomic E-state index is 11.9. The molecule has 106 valence electrons. The molecule has 4 nitrogen and oxygen atoms in total. The van der Waals surface area contributed by atoms with Crippen molar-refractivity contribution in [1.82, 2.24) is 5.32 Å². The smallest absolute Gasteiger partial charge is 0.239 e. The second-order valence-electron chi connectivity index (χ2n) is 4.72. The fourth-order valence-corrected chi connectivity index (χ4v) is 1.92. The van der Waals surface area contributed by atoms with Crippen LogP contribution in [0.1, 0.15) is 33.1 Å². The summed E-state index contributed by atoms with van der Waals surface area (Å²) >= 11 is 0. The number of unbranched alkanes of at least 4 members (excludes halogenated alkanes) is 1. The van der Waals surface area contributed by atoms with Gasteiger partial charge < -0.3 is 16.0 Å². The zero-order chi connectivity index (χ0) is 14.1. The first-order chi connectivity index (χ1) is 9.17. The molecule has 0 aliphatic carbocycles. The van der Waals surface area contributed by atoms with Crippen LogP contribution in [0.25, 0.3) is 0 Å². The highest BCUT2D eigenvalue weighted by molar-refractivity contribution is 5.81. The third kappa shape index (κ3) is 5.64. The topological polar surface area (TPSA) is 58.4 Å². The molecule has 19 heavy (non-hydrogen) atoms. The highest BCUT2D eigenvalue weighted by Crippen LogP contribution is 2.17. The van der Waals surface area contributed by atoms with Crippen LogP contribution in [0.3, 0.4) is 0 Å². The molecule has 0 saturated carbocycles. The summed E-state index contributed by atoms with van der Waals surface area (Å²) in [6, 6.07) is 7.68. The van der Waals surface area contributed by atoms with Crippen molar-refractivity contribution in [3.63, 3.8) is 0 Å². The average Bonchev–Trinajstić information content (AvgIpc) is 2.38. The third-order valence-electron chi connectivity index (χ3n) is 2.92. The van der Waals surface area contributed by atoms with Gasteiger partial charge >= 0.3 is 0 Å². The Bertz CT molecular complexity index is 393. The maximum atomic E-state index is 11.9. The fraction of sp³-hybridized carbons (Fsp3) is 0.533. The van der Waals surface area contributed by atoms with Gasteiger partial charge in [0.2, 0.25) is 5.91 Å². The number of nitrogens with two attached hydrogens (primary N) is 1. The molecule has 3 N–H and O–H groups in total. The van der Waals surface area contributed by atoms with Crippen LogP contribution in [0.5, 0.6) is 0 Å². The van der Waals surface area contributed by atoms with Crippen LogP contribution in [0.15, 0.2) is 24.3 Å². The van der Waals surface area contributed by atoms with Crippen LogP contribution in [0, 0.1) is 0 Å². The molecule has 0 saturated heterocycles. The van der Waals surface area contributed by atoms with Crippen molar-refractivity contribution in [3.05, 3.63) is 24.3 Å². The van der Waals surface area contributed by atoms with Gasteiger partial charge in [0.05, 0.1) is 6.54 Å². The molecule has 0 unspecified atom stereocenters. The van der Waals surface area contributed by atoms with Crippen LogP contribution in [0.4, 0.5) is 11.4 Å². The van der Waals surface area contributed by atoms with Gasteiger partial charge in [-0.05, 0) is 31.0 Å². The van der Waals surface area contributed by atoms with E-state index in [-0.39, 0.29) is 5.91 Å². The minimum atomic E-state index is 0.0734. The van der Waals surface area contributed by atoms with E-state index < -0.39 is 0 Å². The first-order valence-electron chi connectivity index (χ1n) is 7.04. The quantitative estimate of drug-likeness (QED) is 0.559. The van der Waals surface area contributed by atoms with Crippen LogP contribution in [-0.4, -0.2) is 25.5 Å². The van der Waals surface area contributed by atoms with E-state index in [4.69, 9.17) is 5.73 Å². The lowest BCUT2D eigenvalue weighted by molar-refractivity contribution is -0.119. The highest BCUT2D eigenvalue weighted by Gasteiger charge is 2.10. The lowest BCUT2D eigenvalue weighted by Gasteiger charge is -2.24. The zero-order valence-corrected chi connectivity index (χ0v) is 12.0. The van der Waals surface area contributed by atoms with E-state index in [1.807, 2.05) is 24.3 Å². The summed E-state index contributed by atoms with van der Waals surface area (Å²) < 4.78 is 0. The molecule has 1 amide bonds. The van der Waals surface area contributed by atoms with Crippen molar-refractivity contribution < 1.29 is 4.79 Å². The number of nitrogens with one attached hydrogen (secondary N) is 1. The highest BCUT2D eigenvalue weighted by atomic mass is 16.2. The van der Waals surface area contributed by atoms with Crippen molar-refractivity contribution in [2.45, 2.75) is 33.1 Å². The molecule has 0 heterocycles. The van der Waals surface area contributed by atoms with Crippen molar-refractivity contribution in [2.75, 3.05) is 30.3 Å². The molecule has 0 spiro atoms. The van der Waals surface area contributed by atoms with Crippen molar-refractivity contribution in [2.24, 2.45) is 0 Å². The van der Waals surface area contributed by atoms with Crippen LogP contribution in [0.2, 0.25) is 0 Å². The Morgan fingerprint density at radius 3 is 2.74 bits per heavy atom. The van der Waals surface area contributed by atoms with E-state index in [1.165, 1.54) is 0 Å². The number of anilines is 2. The third-order valence-corrected chi connectivity index (χ3v) is 2.92. The predicted molar refractivity (Wildman–Crippen MR) is 81.3 cm³/mol. The van der Waals surface area contributed by atoms with Gasteiger partial charge in [0, 0.05) is 24.5 Å². The molecule has 1 aromatic carbocycles. The summed E-state index contributed by atoms with van der Waals surface area (Å²) in [4.78, 5) is 13.9. The second kappa shape index (κ2) is 8.40. The molecule has 0 bridgehead atoms. The molecule has 0 atom stereocenters. The van der Waals surface area contributed by atoms with Crippen LogP contribution >= 0.6 is 0 Å². The first-order valence-corrected chi connectivity index (χ1v) is 7.04. The summed E-state index contributed by atoms with van der Waals surface area (Å²) in [7, 11) is 0. The van der Waals surface area contributed by atoms with Gasteiger partial charge in [-0.25, -0.2) is 0 Å². The van der Waals surface area contributed by atoms with Gasteiger partial charge in [0.25, 0.3) is 0 Å². The number of amides is 1. The Kier molecular flexibility index (Phi) is 6.79. The molecular weight excluding hydrogens is 238 g/mol. The van der Waals surface area contributed by atoms with E-state index in [0.29, 0.717) is 6.54 Å². The Morgan fingerprint density at radius 2 is 2.11 bits per heavy atom. The number of carbonyl (C=O) groups excluding carboxylic acids is 1. The SMILES string of the molecule is CCCCNC(=O)CN(CCC)c1cccc(N)c1. The molecule has 0 aliphatic heterocycles. The Hall–Kier alpha value is -1.71. The summed E-state index contributed by atoms with van der Waals surface area (Å²) in [6.07, 6.45) is 3.11. The molecule has 4 heteroatoms. The van der Waals surface area contributed by atoms with Crippen molar-refractivity contribution in [3.8, 4) is 0 Å². The Labute approximate surface area is 116 Å². The van der Waals surface area contributed by atoms with E-state index in [0.717, 1.165) is 43.7 Å². The number of rotatable bonds is 8. The normalized spacial score (nSPS) is 10.2. The number of hydrogen-bond acceptors (Lipinski definition) is 3. The summed E-state index contributed by atoms with van der Waals surface area (Å²) in [5.74, 6) is 0.0734. The number of hydrogen-bond donors (Lipinski definition) is 2. The fourth-order valence-electron chi connectivity index (χ4n) is 1.92. The van der Waals surface area contributed by atoms with Gasteiger partial charge in [0.15, 0.2) is 0 Å². The summed E-state index contributed by atoms with van der Waals surface area (Å²) in [5, 5.41) is 2.94. The first kappa shape index (κ1) is 15.3. The largest absolute Gasteiger partial charge is 0.399 e. The Balaban J connectivity index is 2.60. The number of benzene rings is 1.